The van der Waals surface area contributed by atoms with Crippen LogP contribution in [-0.4, -0.2) is 24.4 Å². The van der Waals surface area contributed by atoms with E-state index in [2.05, 4.69) is 24.4 Å². The minimum atomic E-state index is 0.0233. The number of thiophene rings is 1. The van der Waals surface area contributed by atoms with Gasteiger partial charge in [-0.1, -0.05) is 19.9 Å². The summed E-state index contributed by atoms with van der Waals surface area (Å²) in [6.07, 6.45) is 12.0. The van der Waals surface area contributed by atoms with E-state index in [1.165, 1.54) is 34.6 Å². The van der Waals surface area contributed by atoms with E-state index in [1.807, 2.05) is 30.1 Å². The maximum Gasteiger partial charge on any atom is 0.222 e. The van der Waals surface area contributed by atoms with Gasteiger partial charge in [0, 0.05) is 27.8 Å². The van der Waals surface area contributed by atoms with Crippen molar-refractivity contribution >= 4 is 34.9 Å². The Morgan fingerprint density at radius 1 is 1.26 bits per heavy atom. The Bertz CT molecular complexity index is 699. The second-order valence-electron chi connectivity index (χ2n) is 8.21. The number of allylic oxidation sites excluding steroid dienone is 2. The van der Waals surface area contributed by atoms with E-state index in [-0.39, 0.29) is 23.9 Å². The molecule has 1 fully saturated rings. The molecule has 0 atom stereocenters. The standard InChI is InChI=1S/C22H32N2O2S/c1-15(2)22(26)23-18-9-11-19(12-10-18)24(14-25)20-13-21(27-16(20)3)17-7-5-4-6-8-17/h7,13-15,18-19H,4-6,8-12H2,1-3H3,(H,23,26). The van der Waals surface area contributed by atoms with Crippen molar-refractivity contribution in [1.29, 1.82) is 0 Å². The Morgan fingerprint density at radius 2 is 2.00 bits per heavy atom. The maximum absolute atomic E-state index is 11.9. The van der Waals surface area contributed by atoms with Gasteiger partial charge in [-0.15, -0.1) is 11.3 Å². The first-order valence-electron chi connectivity index (χ1n) is 10.3. The normalized spacial score (nSPS) is 23.0. The number of amides is 2. The van der Waals surface area contributed by atoms with Crippen LogP contribution in [0.15, 0.2) is 12.1 Å². The van der Waals surface area contributed by atoms with Gasteiger partial charge in [0.05, 0.1) is 5.69 Å². The van der Waals surface area contributed by atoms with Crippen molar-refractivity contribution < 1.29 is 9.59 Å². The molecule has 4 nitrogen and oxygen atoms in total. The number of nitrogens with one attached hydrogen (secondary N) is 1. The summed E-state index contributed by atoms with van der Waals surface area (Å²) >= 11 is 1.81. The van der Waals surface area contributed by atoms with Gasteiger partial charge in [0.1, 0.15) is 0 Å². The van der Waals surface area contributed by atoms with Crippen molar-refractivity contribution in [1.82, 2.24) is 5.32 Å². The number of anilines is 1. The Balaban J connectivity index is 1.66. The molecule has 1 heterocycles. The fourth-order valence-corrected chi connectivity index (χ4v) is 5.24. The van der Waals surface area contributed by atoms with Crippen LogP contribution in [0.4, 0.5) is 5.69 Å². The van der Waals surface area contributed by atoms with E-state index in [9.17, 15) is 9.59 Å². The van der Waals surface area contributed by atoms with Crippen LogP contribution in [0, 0.1) is 12.8 Å². The molecule has 5 heteroatoms. The van der Waals surface area contributed by atoms with Gasteiger partial charge in [-0.25, -0.2) is 0 Å². The van der Waals surface area contributed by atoms with Gasteiger partial charge < -0.3 is 10.2 Å². The fourth-order valence-electron chi connectivity index (χ4n) is 4.15. The molecule has 1 aromatic rings. The summed E-state index contributed by atoms with van der Waals surface area (Å²) in [5.74, 6) is 0.153. The summed E-state index contributed by atoms with van der Waals surface area (Å²) in [6.45, 7) is 5.97. The van der Waals surface area contributed by atoms with Gasteiger partial charge in [0.25, 0.3) is 0 Å². The molecule has 0 aliphatic heterocycles. The average molecular weight is 389 g/mol. The highest BCUT2D eigenvalue weighted by Gasteiger charge is 2.29. The molecule has 0 saturated heterocycles. The number of carbonyl (C=O) groups excluding carboxylic acids is 2. The Kier molecular flexibility index (Phi) is 6.74. The molecule has 0 aromatic carbocycles. The van der Waals surface area contributed by atoms with E-state index >= 15 is 0 Å². The third-order valence-corrected chi connectivity index (χ3v) is 6.97. The zero-order valence-electron chi connectivity index (χ0n) is 16.8. The highest BCUT2D eigenvalue weighted by molar-refractivity contribution is 7.13. The molecule has 0 bridgehead atoms. The predicted molar refractivity (Wildman–Crippen MR) is 113 cm³/mol. The van der Waals surface area contributed by atoms with Crippen LogP contribution in [0.1, 0.15) is 75.0 Å². The predicted octanol–water partition coefficient (Wildman–Crippen LogP) is 5.06. The third-order valence-electron chi connectivity index (χ3n) is 5.85. The minimum absolute atomic E-state index is 0.0233. The van der Waals surface area contributed by atoms with E-state index in [0.717, 1.165) is 44.2 Å². The van der Waals surface area contributed by atoms with Crippen LogP contribution < -0.4 is 10.2 Å². The fraction of sp³-hybridized carbons (Fsp3) is 0.636. The summed E-state index contributed by atoms with van der Waals surface area (Å²) in [4.78, 5) is 28.3. The Labute approximate surface area is 167 Å². The molecule has 0 spiro atoms. The Morgan fingerprint density at radius 3 is 2.59 bits per heavy atom. The van der Waals surface area contributed by atoms with Crippen molar-refractivity contribution in [3.05, 3.63) is 21.9 Å². The minimum Gasteiger partial charge on any atom is -0.353 e. The van der Waals surface area contributed by atoms with Crippen molar-refractivity contribution in [2.45, 2.75) is 84.2 Å². The maximum atomic E-state index is 11.9. The van der Waals surface area contributed by atoms with Crippen LogP contribution in [0.3, 0.4) is 0 Å². The van der Waals surface area contributed by atoms with E-state index in [0.29, 0.717) is 0 Å². The molecule has 1 saturated carbocycles. The summed E-state index contributed by atoms with van der Waals surface area (Å²) < 4.78 is 0. The highest BCUT2D eigenvalue weighted by Crippen LogP contribution is 2.39. The Hall–Kier alpha value is -1.62. The molecule has 0 unspecified atom stereocenters. The molecule has 2 amide bonds. The molecule has 2 aliphatic carbocycles. The number of hydrogen-bond acceptors (Lipinski definition) is 3. The number of aryl methyl sites for hydroxylation is 1. The van der Waals surface area contributed by atoms with Crippen molar-refractivity contribution in [2.75, 3.05) is 4.90 Å². The smallest absolute Gasteiger partial charge is 0.222 e. The zero-order chi connectivity index (χ0) is 19.4. The number of hydrogen-bond donors (Lipinski definition) is 1. The lowest BCUT2D eigenvalue weighted by atomic mass is 9.89. The van der Waals surface area contributed by atoms with Crippen molar-refractivity contribution in [2.24, 2.45) is 5.92 Å². The lowest BCUT2D eigenvalue weighted by Crippen LogP contribution is -2.44. The first-order chi connectivity index (χ1) is 13.0. The monoisotopic (exact) mass is 388 g/mol. The van der Waals surface area contributed by atoms with Crippen LogP contribution in [0.25, 0.3) is 5.57 Å². The molecule has 2 aliphatic rings. The zero-order valence-corrected chi connectivity index (χ0v) is 17.6. The first kappa shape index (κ1) is 20.1. The van der Waals surface area contributed by atoms with Gasteiger partial charge in [-0.3, -0.25) is 9.59 Å². The lowest BCUT2D eigenvalue weighted by molar-refractivity contribution is -0.125. The molecule has 27 heavy (non-hydrogen) atoms. The second kappa shape index (κ2) is 9.05. The van der Waals surface area contributed by atoms with Gasteiger partial charge in [0.2, 0.25) is 12.3 Å². The van der Waals surface area contributed by atoms with E-state index in [4.69, 9.17) is 0 Å². The van der Waals surface area contributed by atoms with Crippen molar-refractivity contribution in [3.63, 3.8) is 0 Å². The van der Waals surface area contributed by atoms with Crippen LogP contribution >= 0.6 is 11.3 Å². The molecule has 148 valence electrons. The molecule has 1 N–H and O–H groups in total. The average Bonchev–Trinajstić information content (AvgIpc) is 3.06. The van der Waals surface area contributed by atoms with Crippen molar-refractivity contribution in [3.8, 4) is 0 Å². The van der Waals surface area contributed by atoms with Gasteiger partial charge in [0.15, 0.2) is 0 Å². The SMILES string of the molecule is Cc1sc(C2=CCCCC2)cc1N(C=O)C1CCC(NC(=O)C(C)C)CC1. The second-order valence-corrected chi connectivity index (χ2v) is 9.46. The quantitative estimate of drug-likeness (QED) is 0.693. The molecular formula is C22H32N2O2S. The highest BCUT2D eigenvalue weighted by atomic mass is 32.1. The first-order valence-corrected chi connectivity index (χ1v) is 11.1. The third kappa shape index (κ3) is 4.81. The van der Waals surface area contributed by atoms with Gasteiger partial charge >= 0.3 is 0 Å². The molecule has 1 aromatic heterocycles. The number of nitrogens with zero attached hydrogens (tertiary/aromatic N) is 1. The topological polar surface area (TPSA) is 49.4 Å². The van der Waals surface area contributed by atoms with Crippen LogP contribution in [0.5, 0.6) is 0 Å². The van der Waals surface area contributed by atoms with Crippen LogP contribution in [-0.2, 0) is 9.59 Å². The summed E-state index contributed by atoms with van der Waals surface area (Å²) in [5.41, 5.74) is 2.53. The summed E-state index contributed by atoms with van der Waals surface area (Å²) in [7, 11) is 0. The molecule has 0 radical (unpaired) electrons. The number of rotatable bonds is 6. The number of carbonyl (C=O) groups is 2. The van der Waals surface area contributed by atoms with Gasteiger partial charge in [-0.05, 0) is 69.9 Å². The molecule has 3 rings (SSSR count). The van der Waals surface area contributed by atoms with E-state index in [1.54, 1.807) is 0 Å². The summed E-state index contributed by atoms with van der Waals surface area (Å²) in [5, 5.41) is 3.14. The largest absolute Gasteiger partial charge is 0.353 e. The molecular weight excluding hydrogens is 356 g/mol. The van der Waals surface area contributed by atoms with Gasteiger partial charge in [-0.2, -0.15) is 0 Å². The summed E-state index contributed by atoms with van der Waals surface area (Å²) in [6, 6.07) is 2.70. The lowest BCUT2D eigenvalue weighted by Gasteiger charge is -2.35. The van der Waals surface area contributed by atoms with E-state index < -0.39 is 0 Å². The van der Waals surface area contributed by atoms with Crippen LogP contribution in [0.2, 0.25) is 0 Å².